The minimum absolute atomic E-state index is 0.0500. The van der Waals surface area contributed by atoms with Gasteiger partial charge in [-0.05, 0) is 61.9 Å². The van der Waals surface area contributed by atoms with Crippen molar-refractivity contribution in [2.24, 2.45) is 0 Å². The SMILES string of the molecule is CCOc1ccc(CNC(=O)c2cc(-c3ccc(OC(F)F)cc3)n[nH]2)cc1OCC. The van der Waals surface area contributed by atoms with Gasteiger partial charge in [0, 0.05) is 12.1 Å². The van der Waals surface area contributed by atoms with Crippen molar-refractivity contribution in [2.75, 3.05) is 13.2 Å². The average molecular weight is 431 g/mol. The highest BCUT2D eigenvalue weighted by atomic mass is 19.3. The fourth-order valence-electron chi connectivity index (χ4n) is 2.88. The number of nitrogens with zero attached hydrogens (tertiary/aromatic N) is 1. The van der Waals surface area contributed by atoms with Crippen LogP contribution in [0, 0.1) is 0 Å². The van der Waals surface area contributed by atoms with Crippen LogP contribution < -0.4 is 19.5 Å². The number of aromatic amines is 1. The number of nitrogens with one attached hydrogen (secondary N) is 2. The van der Waals surface area contributed by atoms with E-state index >= 15 is 0 Å². The van der Waals surface area contributed by atoms with Crippen molar-refractivity contribution in [1.82, 2.24) is 15.5 Å². The summed E-state index contributed by atoms with van der Waals surface area (Å²) in [6, 6.07) is 13.1. The fraction of sp³-hybridized carbons (Fsp3) is 0.273. The number of alkyl halides is 2. The predicted molar refractivity (Wildman–Crippen MR) is 111 cm³/mol. The summed E-state index contributed by atoms with van der Waals surface area (Å²) in [5, 5.41) is 9.62. The first-order valence-electron chi connectivity index (χ1n) is 9.77. The highest BCUT2D eigenvalue weighted by Crippen LogP contribution is 2.28. The molecular weight excluding hydrogens is 408 g/mol. The van der Waals surface area contributed by atoms with Crippen LogP contribution in [-0.4, -0.2) is 35.9 Å². The summed E-state index contributed by atoms with van der Waals surface area (Å²) in [4.78, 5) is 12.5. The molecule has 0 fully saturated rings. The monoisotopic (exact) mass is 431 g/mol. The van der Waals surface area contributed by atoms with E-state index in [0.29, 0.717) is 42.5 Å². The smallest absolute Gasteiger partial charge is 0.387 e. The molecule has 1 amide bonds. The molecule has 1 heterocycles. The van der Waals surface area contributed by atoms with Gasteiger partial charge in [-0.25, -0.2) is 0 Å². The van der Waals surface area contributed by atoms with Gasteiger partial charge in [0.1, 0.15) is 11.4 Å². The van der Waals surface area contributed by atoms with E-state index in [1.165, 1.54) is 12.1 Å². The maximum absolute atomic E-state index is 12.5. The number of benzene rings is 2. The second kappa shape index (κ2) is 10.4. The van der Waals surface area contributed by atoms with Crippen LogP contribution in [0.4, 0.5) is 8.78 Å². The second-order valence-corrected chi connectivity index (χ2v) is 6.40. The summed E-state index contributed by atoms with van der Waals surface area (Å²) in [5.74, 6) is 0.999. The zero-order valence-electron chi connectivity index (χ0n) is 17.2. The van der Waals surface area contributed by atoms with E-state index in [0.717, 1.165) is 5.56 Å². The Labute approximate surface area is 178 Å². The maximum atomic E-state index is 12.5. The Morgan fingerprint density at radius 1 is 1.03 bits per heavy atom. The molecule has 0 saturated carbocycles. The normalized spacial score (nSPS) is 10.7. The van der Waals surface area contributed by atoms with Crippen LogP contribution in [-0.2, 0) is 6.54 Å². The molecule has 0 spiro atoms. The molecule has 0 bridgehead atoms. The van der Waals surface area contributed by atoms with Crippen LogP contribution >= 0.6 is 0 Å². The summed E-state index contributed by atoms with van der Waals surface area (Å²) in [7, 11) is 0. The minimum Gasteiger partial charge on any atom is -0.490 e. The lowest BCUT2D eigenvalue weighted by Crippen LogP contribution is -2.23. The molecule has 2 aromatic carbocycles. The number of rotatable bonds is 10. The number of hydrogen-bond donors (Lipinski definition) is 2. The number of ether oxygens (including phenoxy) is 3. The molecular formula is C22H23F2N3O4. The van der Waals surface area contributed by atoms with Gasteiger partial charge < -0.3 is 19.5 Å². The van der Waals surface area contributed by atoms with Crippen LogP contribution in [0.2, 0.25) is 0 Å². The lowest BCUT2D eigenvalue weighted by molar-refractivity contribution is -0.0498. The third-order valence-corrected chi connectivity index (χ3v) is 4.26. The quantitative estimate of drug-likeness (QED) is 0.497. The first kappa shape index (κ1) is 22.1. The first-order valence-corrected chi connectivity index (χ1v) is 9.77. The summed E-state index contributed by atoms with van der Waals surface area (Å²) < 4.78 is 40.0. The van der Waals surface area contributed by atoms with Gasteiger partial charge in [-0.1, -0.05) is 6.07 Å². The van der Waals surface area contributed by atoms with Gasteiger partial charge in [0.2, 0.25) is 0 Å². The van der Waals surface area contributed by atoms with Crippen LogP contribution in [0.25, 0.3) is 11.3 Å². The lowest BCUT2D eigenvalue weighted by Gasteiger charge is -2.12. The number of amides is 1. The Hall–Kier alpha value is -3.62. The Morgan fingerprint density at radius 2 is 1.74 bits per heavy atom. The van der Waals surface area contributed by atoms with Crippen molar-refractivity contribution in [3.05, 3.63) is 59.8 Å². The molecule has 9 heteroatoms. The standard InChI is InChI=1S/C22H23F2N3O4/c1-3-29-19-10-5-14(11-20(19)30-4-2)13-25-21(28)18-12-17(26-27-18)15-6-8-16(9-7-15)31-22(23)24/h5-12,22H,3-4,13H2,1-2H3,(H,25,28)(H,26,27). The van der Waals surface area contributed by atoms with E-state index in [-0.39, 0.29) is 17.4 Å². The van der Waals surface area contributed by atoms with Crippen molar-refractivity contribution in [3.8, 4) is 28.5 Å². The van der Waals surface area contributed by atoms with Gasteiger partial charge in [0.15, 0.2) is 11.5 Å². The molecule has 0 saturated heterocycles. The van der Waals surface area contributed by atoms with Gasteiger partial charge in [-0.3, -0.25) is 9.89 Å². The number of H-pyrrole nitrogens is 1. The number of carbonyl (C=O) groups excluding carboxylic acids is 1. The molecule has 3 aromatic rings. The number of aromatic nitrogens is 2. The molecule has 7 nitrogen and oxygen atoms in total. The van der Waals surface area contributed by atoms with E-state index in [4.69, 9.17) is 9.47 Å². The third-order valence-electron chi connectivity index (χ3n) is 4.26. The highest BCUT2D eigenvalue weighted by molar-refractivity contribution is 5.93. The van der Waals surface area contributed by atoms with Gasteiger partial charge in [-0.2, -0.15) is 13.9 Å². The Balaban J connectivity index is 1.63. The van der Waals surface area contributed by atoms with E-state index in [2.05, 4.69) is 20.3 Å². The molecule has 1 aromatic heterocycles. The zero-order valence-corrected chi connectivity index (χ0v) is 17.2. The number of halogens is 2. The van der Waals surface area contributed by atoms with Crippen molar-refractivity contribution in [3.63, 3.8) is 0 Å². The van der Waals surface area contributed by atoms with Gasteiger partial charge in [0.05, 0.1) is 18.9 Å². The molecule has 0 unspecified atom stereocenters. The second-order valence-electron chi connectivity index (χ2n) is 6.40. The minimum atomic E-state index is -2.88. The number of hydrogen-bond acceptors (Lipinski definition) is 5. The first-order chi connectivity index (χ1) is 15.0. The molecule has 31 heavy (non-hydrogen) atoms. The van der Waals surface area contributed by atoms with Crippen LogP contribution in [0.5, 0.6) is 17.2 Å². The molecule has 164 valence electrons. The summed E-state index contributed by atoms with van der Waals surface area (Å²) in [5.41, 5.74) is 2.30. The van der Waals surface area contributed by atoms with Crippen molar-refractivity contribution in [1.29, 1.82) is 0 Å². The summed E-state index contributed by atoms with van der Waals surface area (Å²) >= 11 is 0. The van der Waals surface area contributed by atoms with E-state index < -0.39 is 6.61 Å². The van der Waals surface area contributed by atoms with E-state index in [1.807, 2.05) is 32.0 Å². The fourth-order valence-corrected chi connectivity index (χ4v) is 2.88. The Kier molecular flexibility index (Phi) is 7.42. The number of carbonyl (C=O) groups is 1. The highest BCUT2D eigenvalue weighted by Gasteiger charge is 2.13. The van der Waals surface area contributed by atoms with Crippen molar-refractivity contribution >= 4 is 5.91 Å². The largest absolute Gasteiger partial charge is 0.490 e. The predicted octanol–water partition coefficient (Wildman–Crippen LogP) is 4.41. The zero-order chi connectivity index (χ0) is 22.2. The van der Waals surface area contributed by atoms with Crippen LogP contribution in [0.3, 0.4) is 0 Å². The van der Waals surface area contributed by atoms with Gasteiger partial charge >= 0.3 is 6.61 Å². The van der Waals surface area contributed by atoms with Gasteiger partial charge in [0.25, 0.3) is 5.91 Å². The Bertz CT molecular complexity index is 1010. The molecule has 0 aliphatic carbocycles. The molecule has 0 aliphatic rings. The maximum Gasteiger partial charge on any atom is 0.387 e. The lowest BCUT2D eigenvalue weighted by atomic mass is 10.1. The van der Waals surface area contributed by atoms with Gasteiger partial charge in [-0.15, -0.1) is 0 Å². The third kappa shape index (κ3) is 5.94. The van der Waals surface area contributed by atoms with E-state index in [9.17, 15) is 13.6 Å². The Morgan fingerprint density at radius 3 is 2.42 bits per heavy atom. The topological polar surface area (TPSA) is 85.5 Å². The summed E-state index contributed by atoms with van der Waals surface area (Å²) in [6.45, 7) is 2.22. The van der Waals surface area contributed by atoms with Crippen LogP contribution in [0.15, 0.2) is 48.5 Å². The van der Waals surface area contributed by atoms with E-state index in [1.54, 1.807) is 18.2 Å². The molecule has 3 rings (SSSR count). The molecule has 2 N–H and O–H groups in total. The van der Waals surface area contributed by atoms with Crippen molar-refractivity contribution in [2.45, 2.75) is 27.0 Å². The van der Waals surface area contributed by atoms with Crippen LogP contribution in [0.1, 0.15) is 29.9 Å². The molecule has 0 radical (unpaired) electrons. The average Bonchev–Trinajstić information content (AvgIpc) is 3.24. The molecule has 0 atom stereocenters. The summed E-state index contributed by atoms with van der Waals surface area (Å²) in [6.07, 6.45) is 0. The molecule has 0 aliphatic heterocycles. The van der Waals surface area contributed by atoms with Crippen molar-refractivity contribution < 1.29 is 27.8 Å².